The zero-order valence-electron chi connectivity index (χ0n) is 18.0. The molecule has 0 saturated carbocycles. The predicted molar refractivity (Wildman–Crippen MR) is 116 cm³/mol. The van der Waals surface area contributed by atoms with Gasteiger partial charge in [0.1, 0.15) is 5.82 Å². The summed E-state index contributed by atoms with van der Waals surface area (Å²) in [6.07, 6.45) is -0.242. The Hall–Kier alpha value is -2.83. The van der Waals surface area contributed by atoms with Crippen LogP contribution in [0, 0.1) is 13.8 Å². The minimum Gasteiger partial charge on any atom is -0.450 e. The minimum atomic E-state index is -0.242. The van der Waals surface area contributed by atoms with Gasteiger partial charge in [0.05, 0.1) is 6.61 Å². The summed E-state index contributed by atoms with van der Waals surface area (Å²) in [6, 6.07) is 8.32. The molecule has 1 amide bonds. The lowest BCUT2D eigenvalue weighted by Crippen LogP contribution is -2.49. The van der Waals surface area contributed by atoms with E-state index in [9.17, 15) is 4.79 Å². The van der Waals surface area contributed by atoms with Gasteiger partial charge in [-0.1, -0.05) is 32.0 Å². The highest BCUT2D eigenvalue weighted by Crippen LogP contribution is 2.30. The van der Waals surface area contributed by atoms with Gasteiger partial charge in [-0.15, -0.1) is 0 Å². The van der Waals surface area contributed by atoms with E-state index in [1.807, 2.05) is 19.9 Å². The molecule has 0 bridgehead atoms. The van der Waals surface area contributed by atoms with Gasteiger partial charge in [0.2, 0.25) is 5.95 Å². The molecule has 0 aliphatic carbocycles. The molecule has 3 rings (SSSR count). The van der Waals surface area contributed by atoms with Crippen molar-refractivity contribution in [3.05, 3.63) is 41.1 Å². The summed E-state index contributed by atoms with van der Waals surface area (Å²) in [4.78, 5) is 25.2. The van der Waals surface area contributed by atoms with Crippen LogP contribution in [0.5, 0.6) is 0 Å². The summed E-state index contributed by atoms with van der Waals surface area (Å²) in [6.45, 7) is 13.4. The summed E-state index contributed by atoms with van der Waals surface area (Å²) < 4.78 is 5.10. The Morgan fingerprint density at radius 3 is 2.55 bits per heavy atom. The third kappa shape index (κ3) is 4.96. The van der Waals surface area contributed by atoms with Gasteiger partial charge >= 0.3 is 6.09 Å². The van der Waals surface area contributed by atoms with Crippen LogP contribution in [0.25, 0.3) is 0 Å². The SMILES string of the molecule is CCOC(=O)N1CCN(c2cc(C)nc(Nc3c(C)cccc3C(C)C)n2)CC1. The smallest absolute Gasteiger partial charge is 0.409 e. The van der Waals surface area contributed by atoms with Crippen LogP contribution in [0.3, 0.4) is 0 Å². The van der Waals surface area contributed by atoms with Gasteiger partial charge in [0.15, 0.2) is 0 Å². The van der Waals surface area contributed by atoms with E-state index in [0.29, 0.717) is 31.6 Å². The molecule has 29 heavy (non-hydrogen) atoms. The third-order valence-corrected chi connectivity index (χ3v) is 5.13. The van der Waals surface area contributed by atoms with Crippen molar-refractivity contribution in [2.24, 2.45) is 0 Å². The first kappa shape index (κ1) is 20.9. The van der Waals surface area contributed by atoms with Gasteiger partial charge in [-0.05, 0) is 37.8 Å². The number of hydrogen-bond acceptors (Lipinski definition) is 6. The van der Waals surface area contributed by atoms with Crippen LogP contribution < -0.4 is 10.2 Å². The predicted octanol–water partition coefficient (Wildman–Crippen LogP) is 4.24. The van der Waals surface area contributed by atoms with Crippen LogP contribution in [-0.2, 0) is 4.74 Å². The number of amides is 1. The van der Waals surface area contributed by atoms with Gasteiger partial charge in [0.25, 0.3) is 0 Å². The second-order valence-corrected chi connectivity index (χ2v) is 7.68. The van der Waals surface area contributed by atoms with Gasteiger partial charge < -0.3 is 19.9 Å². The van der Waals surface area contributed by atoms with E-state index in [0.717, 1.165) is 30.3 Å². The van der Waals surface area contributed by atoms with E-state index < -0.39 is 0 Å². The number of ether oxygens (including phenoxy) is 1. The Kier molecular flexibility index (Phi) is 6.56. The molecule has 1 aromatic heterocycles. The van der Waals surface area contributed by atoms with Crippen LogP contribution in [0.1, 0.15) is 43.5 Å². The number of carbonyl (C=O) groups is 1. The number of hydrogen-bond donors (Lipinski definition) is 1. The molecule has 1 saturated heterocycles. The number of benzene rings is 1. The fraction of sp³-hybridized carbons (Fsp3) is 0.500. The van der Waals surface area contributed by atoms with Crippen molar-refractivity contribution in [1.29, 1.82) is 0 Å². The fourth-order valence-corrected chi connectivity index (χ4v) is 3.56. The molecule has 1 aliphatic heterocycles. The maximum Gasteiger partial charge on any atom is 0.409 e. The second kappa shape index (κ2) is 9.11. The van der Waals surface area contributed by atoms with Crippen molar-refractivity contribution in [2.45, 2.75) is 40.5 Å². The third-order valence-electron chi connectivity index (χ3n) is 5.13. The lowest BCUT2D eigenvalue weighted by molar-refractivity contribution is 0.105. The van der Waals surface area contributed by atoms with E-state index in [-0.39, 0.29) is 6.09 Å². The van der Waals surface area contributed by atoms with Crippen LogP contribution in [0.15, 0.2) is 24.3 Å². The Morgan fingerprint density at radius 1 is 1.17 bits per heavy atom. The van der Waals surface area contributed by atoms with Crippen LogP contribution in [0.2, 0.25) is 0 Å². The second-order valence-electron chi connectivity index (χ2n) is 7.68. The van der Waals surface area contributed by atoms with Crippen LogP contribution in [0.4, 0.5) is 22.2 Å². The van der Waals surface area contributed by atoms with Gasteiger partial charge in [-0.3, -0.25) is 0 Å². The quantitative estimate of drug-likeness (QED) is 0.814. The Labute approximate surface area is 173 Å². The number of rotatable bonds is 5. The summed E-state index contributed by atoms with van der Waals surface area (Å²) in [5.41, 5.74) is 4.40. The maximum atomic E-state index is 11.9. The lowest BCUT2D eigenvalue weighted by atomic mass is 9.98. The topological polar surface area (TPSA) is 70.6 Å². The number of piperazine rings is 1. The van der Waals surface area contributed by atoms with Crippen molar-refractivity contribution >= 4 is 23.5 Å². The van der Waals surface area contributed by atoms with Crippen LogP contribution in [-0.4, -0.2) is 53.7 Å². The number of anilines is 3. The summed E-state index contributed by atoms with van der Waals surface area (Å²) in [5.74, 6) is 1.88. The molecule has 0 radical (unpaired) electrons. The monoisotopic (exact) mass is 397 g/mol. The first-order chi connectivity index (χ1) is 13.9. The maximum absolute atomic E-state index is 11.9. The van der Waals surface area contributed by atoms with Gasteiger partial charge in [-0.25, -0.2) is 9.78 Å². The number of para-hydroxylation sites is 1. The molecule has 0 atom stereocenters. The number of nitrogens with one attached hydrogen (secondary N) is 1. The van der Waals surface area contributed by atoms with E-state index in [1.54, 1.807) is 4.90 Å². The first-order valence-corrected chi connectivity index (χ1v) is 10.3. The van der Waals surface area contributed by atoms with E-state index >= 15 is 0 Å². The lowest BCUT2D eigenvalue weighted by Gasteiger charge is -2.34. The molecule has 1 N–H and O–H groups in total. The van der Waals surface area contributed by atoms with E-state index in [4.69, 9.17) is 9.72 Å². The number of carbonyl (C=O) groups excluding carboxylic acids is 1. The number of aromatic nitrogens is 2. The van der Waals surface area contributed by atoms with E-state index in [2.05, 4.69) is 54.2 Å². The van der Waals surface area contributed by atoms with Gasteiger partial charge in [0, 0.05) is 43.6 Å². The van der Waals surface area contributed by atoms with Crippen molar-refractivity contribution in [3.8, 4) is 0 Å². The average molecular weight is 398 g/mol. The highest BCUT2D eigenvalue weighted by Gasteiger charge is 2.23. The van der Waals surface area contributed by atoms with Crippen molar-refractivity contribution in [2.75, 3.05) is 43.0 Å². The highest BCUT2D eigenvalue weighted by atomic mass is 16.6. The molecule has 7 heteroatoms. The molecule has 1 aliphatic rings. The molecular formula is C22H31N5O2. The molecule has 2 aromatic rings. The molecule has 7 nitrogen and oxygen atoms in total. The number of aryl methyl sites for hydroxylation is 2. The van der Waals surface area contributed by atoms with Gasteiger partial charge in [-0.2, -0.15) is 4.98 Å². The minimum absolute atomic E-state index is 0.242. The zero-order chi connectivity index (χ0) is 21.0. The Morgan fingerprint density at radius 2 is 1.90 bits per heavy atom. The Balaban J connectivity index is 1.78. The highest BCUT2D eigenvalue weighted by molar-refractivity contribution is 5.68. The molecule has 0 unspecified atom stereocenters. The van der Waals surface area contributed by atoms with Crippen molar-refractivity contribution < 1.29 is 9.53 Å². The fourth-order valence-electron chi connectivity index (χ4n) is 3.56. The normalized spacial score (nSPS) is 14.3. The number of nitrogens with zero attached hydrogens (tertiary/aromatic N) is 4. The van der Waals surface area contributed by atoms with Crippen molar-refractivity contribution in [3.63, 3.8) is 0 Å². The molecule has 2 heterocycles. The average Bonchev–Trinajstić information content (AvgIpc) is 2.69. The Bertz CT molecular complexity index is 860. The molecule has 0 spiro atoms. The van der Waals surface area contributed by atoms with Crippen molar-refractivity contribution in [1.82, 2.24) is 14.9 Å². The molecular weight excluding hydrogens is 366 g/mol. The summed E-state index contributed by atoms with van der Waals surface area (Å²) in [7, 11) is 0. The molecule has 156 valence electrons. The van der Waals surface area contributed by atoms with E-state index in [1.165, 1.54) is 11.1 Å². The summed E-state index contributed by atoms with van der Waals surface area (Å²) >= 11 is 0. The zero-order valence-corrected chi connectivity index (χ0v) is 18.0. The molecule has 1 fully saturated rings. The largest absolute Gasteiger partial charge is 0.450 e. The molecule has 1 aromatic carbocycles. The first-order valence-electron chi connectivity index (χ1n) is 10.3. The standard InChI is InChI=1S/C22H31N5O2/c1-6-29-22(28)27-12-10-26(11-13-27)19-14-17(5)23-21(24-19)25-20-16(4)8-7-9-18(20)15(2)3/h7-9,14-15H,6,10-13H2,1-5H3,(H,23,24,25). The van der Waals surface area contributed by atoms with Crippen LogP contribution >= 0.6 is 0 Å². The summed E-state index contributed by atoms with van der Waals surface area (Å²) in [5, 5.41) is 3.45.